The van der Waals surface area contributed by atoms with E-state index in [1.807, 2.05) is 0 Å². The Morgan fingerprint density at radius 3 is 1.80 bits per heavy atom. The Bertz CT molecular complexity index is 523. The predicted molar refractivity (Wildman–Crippen MR) is 86.2 cm³/mol. The van der Waals surface area contributed by atoms with Crippen molar-refractivity contribution in [2.45, 2.75) is 40.2 Å². The summed E-state index contributed by atoms with van der Waals surface area (Å²) in [5.41, 5.74) is 3.77. The molecule has 20 heavy (non-hydrogen) atoms. The van der Waals surface area contributed by atoms with E-state index in [1.165, 1.54) is 16.7 Å². The smallest absolute Gasteiger partial charge is 0.119 e. The van der Waals surface area contributed by atoms with Gasteiger partial charge >= 0.3 is 0 Å². The van der Waals surface area contributed by atoms with Crippen molar-refractivity contribution in [2.75, 3.05) is 0 Å². The van der Waals surface area contributed by atoms with Crippen molar-refractivity contribution < 1.29 is 4.74 Å². The van der Waals surface area contributed by atoms with Crippen LogP contribution in [0.1, 0.15) is 32.8 Å². The van der Waals surface area contributed by atoms with Gasteiger partial charge in [0.1, 0.15) is 5.75 Å². The highest BCUT2D eigenvalue weighted by molar-refractivity contribution is 5.64. The highest BCUT2D eigenvalue weighted by atomic mass is 16.5. The Balaban J connectivity index is 2.04. The molecule has 0 spiro atoms. The molecule has 0 bridgehead atoms. The van der Waals surface area contributed by atoms with Crippen LogP contribution in [0.15, 0.2) is 48.5 Å². The van der Waals surface area contributed by atoms with Crippen LogP contribution in [-0.4, -0.2) is 6.10 Å². The molecule has 0 amide bonds. The summed E-state index contributed by atoms with van der Waals surface area (Å²) in [4.78, 5) is 0. The second-order valence-electron chi connectivity index (χ2n) is 5.95. The van der Waals surface area contributed by atoms with Gasteiger partial charge in [-0.1, -0.05) is 55.8 Å². The zero-order valence-electron chi connectivity index (χ0n) is 12.9. The Morgan fingerprint density at radius 1 is 0.800 bits per heavy atom. The van der Waals surface area contributed by atoms with E-state index in [0.29, 0.717) is 5.92 Å². The molecule has 0 aliphatic heterocycles. The first-order chi connectivity index (χ1) is 9.54. The number of ether oxygens (including phenoxy) is 1. The van der Waals surface area contributed by atoms with Crippen LogP contribution in [0.5, 0.6) is 5.75 Å². The largest absolute Gasteiger partial charge is 0.491 e. The molecule has 0 aliphatic carbocycles. The summed E-state index contributed by atoms with van der Waals surface area (Å²) in [5, 5.41) is 0. The van der Waals surface area contributed by atoms with Crippen molar-refractivity contribution in [1.29, 1.82) is 0 Å². The number of benzene rings is 2. The summed E-state index contributed by atoms with van der Waals surface area (Å²) in [6.07, 6.45) is 1.35. The monoisotopic (exact) mass is 268 g/mol. The van der Waals surface area contributed by atoms with E-state index in [9.17, 15) is 0 Å². The fourth-order valence-corrected chi connectivity index (χ4v) is 2.42. The lowest BCUT2D eigenvalue weighted by molar-refractivity contribution is 0.193. The summed E-state index contributed by atoms with van der Waals surface area (Å²) >= 11 is 0. The van der Waals surface area contributed by atoms with Crippen molar-refractivity contribution >= 4 is 0 Å². The molecule has 106 valence electrons. The fourth-order valence-electron chi connectivity index (χ4n) is 2.42. The number of aryl methyl sites for hydroxylation is 1. The normalized spacial score (nSPS) is 12.4. The molecule has 0 saturated heterocycles. The van der Waals surface area contributed by atoms with Gasteiger partial charge in [0.05, 0.1) is 6.10 Å². The van der Waals surface area contributed by atoms with E-state index < -0.39 is 0 Å². The minimum Gasteiger partial charge on any atom is -0.491 e. The SMILES string of the molecule is Cc1ccc(-c2ccc(OC(C)CC(C)C)cc2)cc1. The molecular formula is C19H24O. The first kappa shape index (κ1) is 14.6. The lowest BCUT2D eigenvalue weighted by Gasteiger charge is -2.16. The van der Waals surface area contributed by atoms with Crippen LogP contribution in [0.4, 0.5) is 0 Å². The van der Waals surface area contributed by atoms with Crippen molar-refractivity contribution in [3.63, 3.8) is 0 Å². The Kier molecular flexibility index (Phi) is 4.84. The molecule has 1 atom stereocenters. The van der Waals surface area contributed by atoms with Crippen LogP contribution in [-0.2, 0) is 0 Å². The van der Waals surface area contributed by atoms with E-state index in [-0.39, 0.29) is 6.10 Å². The topological polar surface area (TPSA) is 9.23 Å². The van der Waals surface area contributed by atoms with E-state index in [0.717, 1.165) is 12.2 Å². The van der Waals surface area contributed by atoms with Gasteiger partial charge in [0, 0.05) is 0 Å². The number of hydrogen-bond donors (Lipinski definition) is 0. The number of rotatable bonds is 5. The minimum absolute atomic E-state index is 0.264. The molecule has 0 aliphatic rings. The molecule has 2 aromatic carbocycles. The standard InChI is InChI=1S/C19H24O/c1-14(2)13-16(4)20-19-11-9-18(10-12-19)17-7-5-15(3)6-8-17/h5-12,14,16H,13H2,1-4H3. The van der Waals surface area contributed by atoms with Crippen molar-refractivity contribution in [3.8, 4) is 16.9 Å². The molecule has 0 heterocycles. The maximum absolute atomic E-state index is 5.94. The van der Waals surface area contributed by atoms with Crippen molar-refractivity contribution in [2.24, 2.45) is 5.92 Å². The van der Waals surface area contributed by atoms with Crippen molar-refractivity contribution in [3.05, 3.63) is 54.1 Å². The summed E-state index contributed by atoms with van der Waals surface area (Å²) in [6, 6.07) is 17.0. The van der Waals surface area contributed by atoms with Gasteiger partial charge in [0.15, 0.2) is 0 Å². The molecule has 0 radical (unpaired) electrons. The minimum atomic E-state index is 0.264. The van der Waals surface area contributed by atoms with Gasteiger partial charge in [0.25, 0.3) is 0 Å². The summed E-state index contributed by atoms with van der Waals surface area (Å²) in [5.74, 6) is 1.62. The maximum Gasteiger partial charge on any atom is 0.119 e. The van der Waals surface area contributed by atoms with Crippen LogP contribution in [0.3, 0.4) is 0 Å². The third-order valence-electron chi connectivity index (χ3n) is 3.38. The first-order valence-electron chi connectivity index (χ1n) is 7.38. The van der Waals surface area contributed by atoms with E-state index in [1.54, 1.807) is 0 Å². The van der Waals surface area contributed by atoms with Crippen LogP contribution >= 0.6 is 0 Å². The van der Waals surface area contributed by atoms with Gasteiger partial charge in [-0.15, -0.1) is 0 Å². The average Bonchev–Trinajstić information content (AvgIpc) is 2.39. The highest BCUT2D eigenvalue weighted by Crippen LogP contribution is 2.24. The van der Waals surface area contributed by atoms with E-state index in [2.05, 4.69) is 76.2 Å². The first-order valence-corrected chi connectivity index (χ1v) is 7.38. The third kappa shape index (κ3) is 4.12. The molecule has 0 saturated carbocycles. The van der Waals surface area contributed by atoms with Gasteiger partial charge in [-0.25, -0.2) is 0 Å². The van der Waals surface area contributed by atoms with Gasteiger partial charge in [-0.05, 0) is 49.4 Å². The Morgan fingerprint density at radius 2 is 1.30 bits per heavy atom. The lowest BCUT2D eigenvalue weighted by atomic mass is 10.0. The molecule has 0 aromatic heterocycles. The third-order valence-corrected chi connectivity index (χ3v) is 3.38. The average molecular weight is 268 g/mol. The van der Waals surface area contributed by atoms with Crippen molar-refractivity contribution in [1.82, 2.24) is 0 Å². The lowest BCUT2D eigenvalue weighted by Crippen LogP contribution is -2.14. The summed E-state index contributed by atoms with van der Waals surface area (Å²) < 4.78 is 5.94. The van der Waals surface area contributed by atoms with E-state index >= 15 is 0 Å². The highest BCUT2D eigenvalue weighted by Gasteiger charge is 2.06. The zero-order valence-corrected chi connectivity index (χ0v) is 12.9. The molecule has 1 nitrogen and oxygen atoms in total. The fraction of sp³-hybridized carbons (Fsp3) is 0.368. The van der Waals surface area contributed by atoms with Crippen LogP contribution < -0.4 is 4.74 Å². The molecule has 1 heteroatoms. The maximum atomic E-state index is 5.94. The van der Waals surface area contributed by atoms with Gasteiger partial charge < -0.3 is 4.74 Å². The van der Waals surface area contributed by atoms with Crippen LogP contribution in [0.25, 0.3) is 11.1 Å². The molecule has 0 fully saturated rings. The summed E-state index contributed by atoms with van der Waals surface area (Å²) in [6.45, 7) is 8.69. The zero-order chi connectivity index (χ0) is 14.5. The molecule has 0 N–H and O–H groups in total. The molecule has 1 unspecified atom stereocenters. The Hall–Kier alpha value is -1.76. The second kappa shape index (κ2) is 6.60. The van der Waals surface area contributed by atoms with E-state index in [4.69, 9.17) is 4.74 Å². The summed E-state index contributed by atoms with van der Waals surface area (Å²) in [7, 11) is 0. The molecule has 2 aromatic rings. The van der Waals surface area contributed by atoms with Crippen LogP contribution in [0, 0.1) is 12.8 Å². The second-order valence-corrected chi connectivity index (χ2v) is 5.95. The van der Waals surface area contributed by atoms with Gasteiger partial charge in [-0.3, -0.25) is 0 Å². The van der Waals surface area contributed by atoms with Gasteiger partial charge in [-0.2, -0.15) is 0 Å². The molecular weight excluding hydrogens is 244 g/mol. The number of hydrogen-bond acceptors (Lipinski definition) is 1. The molecule has 2 rings (SSSR count). The quantitative estimate of drug-likeness (QED) is 0.698. The predicted octanol–water partition coefficient (Wildman–Crippen LogP) is 5.48. The van der Waals surface area contributed by atoms with Gasteiger partial charge in [0.2, 0.25) is 0 Å². The van der Waals surface area contributed by atoms with Crippen LogP contribution in [0.2, 0.25) is 0 Å². The Labute approximate surface area is 122 Å².